The molecule has 2 nitrogen and oxygen atoms in total. The minimum atomic E-state index is 0.718. The van der Waals surface area contributed by atoms with Crippen molar-refractivity contribution in [2.45, 2.75) is 0 Å². The predicted molar refractivity (Wildman–Crippen MR) is 209 cm³/mol. The molecule has 0 N–H and O–H groups in total. The minimum Gasteiger partial charge on any atom is -0.228 e. The lowest BCUT2D eigenvalue weighted by Crippen LogP contribution is -1.96. The highest BCUT2D eigenvalue weighted by molar-refractivity contribution is 7.25. The second kappa shape index (κ2) is 11.2. The molecule has 0 spiro atoms. The molecule has 228 valence electrons. The van der Waals surface area contributed by atoms with Gasteiger partial charge >= 0.3 is 0 Å². The van der Waals surface area contributed by atoms with Crippen molar-refractivity contribution >= 4 is 63.8 Å². The molecular weight excluding hydrogens is 613 g/mol. The molecule has 10 rings (SSSR count). The largest absolute Gasteiger partial charge is 0.228 e. The van der Waals surface area contributed by atoms with E-state index in [0.717, 1.165) is 33.9 Å². The summed E-state index contributed by atoms with van der Waals surface area (Å²) in [5.41, 5.74) is 7.36. The average Bonchev–Trinajstić information content (AvgIpc) is 3.55. The molecule has 0 saturated heterocycles. The molecule has 0 fully saturated rings. The Bertz CT molecular complexity index is 2890. The van der Waals surface area contributed by atoms with Gasteiger partial charge in [-0.1, -0.05) is 133 Å². The van der Waals surface area contributed by atoms with Crippen LogP contribution < -0.4 is 0 Å². The normalized spacial score (nSPS) is 11.7. The second-order valence-corrected chi connectivity index (χ2v) is 13.7. The van der Waals surface area contributed by atoms with E-state index < -0.39 is 0 Å². The summed E-state index contributed by atoms with van der Waals surface area (Å²) in [6.45, 7) is 0. The lowest BCUT2D eigenvalue weighted by Gasteiger charge is -2.15. The third-order valence-corrected chi connectivity index (χ3v) is 10.8. The third-order valence-electron chi connectivity index (χ3n) is 9.65. The number of nitrogens with zero attached hydrogens (tertiary/aromatic N) is 2. The third kappa shape index (κ3) is 4.70. The summed E-state index contributed by atoms with van der Waals surface area (Å²) in [7, 11) is 0. The topological polar surface area (TPSA) is 25.8 Å². The Balaban J connectivity index is 1.19. The molecule has 8 aromatic carbocycles. The van der Waals surface area contributed by atoms with Gasteiger partial charge in [0.25, 0.3) is 0 Å². The van der Waals surface area contributed by atoms with Gasteiger partial charge in [0, 0.05) is 36.9 Å². The van der Waals surface area contributed by atoms with Crippen molar-refractivity contribution in [3.8, 4) is 45.0 Å². The zero-order chi connectivity index (χ0) is 32.3. The quantitative estimate of drug-likeness (QED) is 0.141. The predicted octanol–water partition coefficient (Wildman–Crippen LogP) is 13.0. The molecule has 0 bridgehead atoms. The fourth-order valence-electron chi connectivity index (χ4n) is 7.31. The zero-order valence-corrected chi connectivity index (χ0v) is 27.3. The van der Waals surface area contributed by atoms with E-state index in [1.165, 1.54) is 63.6 Å². The molecule has 0 saturated carbocycles. The summed E-state index contributed by atoms with van der Waals surface area (Å²) in [6, 6.07) is 60.9. The standard InChI is InChI=1S/C46H28N2S/c1-2-12-30(13-3-1)46-47-41(28-42(48-46)33-22-24-44-40(27-33)37-19-8-9-20-43(37)49-44)32-15-10-16-34(25-32)45-36-18-7-5-14-31(36)26-39-35-17-6-4-11-29(35)21-23-38(39)45/h1-28H. The number of rotatable bonds is 4. The van der Waals surface area contributed by atoms with E-state index in [0.29, 0.717) is 0 Å². The molecular formula is C46H28N2S. The van der Waals surface area contributed by atoms with Crippen LogP contribution in [0.25, 0.3) is 97.5 Å². The fraction of sp³-hybridized carbons (Fsp3) is 0. The van der Waals surface area contributed by atoms with E-state index >= 15 is 0 Å². The molecule has 0 aliphatic heterocycles. The summed E-state index contributed by atoms with van der Waals surface area (Å²) in [6.07, 6.45) is 0. The first-order valence-electron chi connectivity index (χ1n) is 16.6. The van der Waals surface area contributed by atoms with Gasteiger partial charge in [-0.25, -0.2) is 9.97 Å². The smallest absolute Gasteiger partial charge is 0.160 e. The van der Waals surface area contributed by atoms with Gasteiger partial charge in [0.2, 0.25) is 0 Å². The number of thiophene rings is 1. The van der Waals surface area contributed by atoms with E-state index in [4.69, 9.17) is 9.97 Å². The Kier molecular flexibility index (Phi) is 6.39. The van der Waals surface area contributed by atoms with Crippen LogP contribution in [0.1, 0.15) is 0 Å². The van der Waals surface area contributed by atoms with Crippen molar-refractivity contribution in [3.63, 3.8) is 0 Å². The van der Waals surface area contributed by atoms with Gasteiger partial charge in [0.05, 0.1) is 11.4 Å². The highest BCUT2D eigenvalue weighted by Crippen LogP contribution is 2.41. The zero-order valence-electron chi connectivity index (χ0n) is 26.5. The number of hydrogen-bond donors (Lipinski definition) is 0. The number of aromatic nitrogens is 2. The van der Waals surface area contributed by atoms with Gasteiger partial charge < -0.3 is 0 Å². The maximum atomic E-state index is 5.19. The van der Waals surface area contributed by atoms with Crippen LogP contribution in [0.4, 0.5) is 0 Å². The lowest BCUT2D eigenvalue weighted by molar-refractivity contribution is 1.18. The van der Waals surface area contributed by atoms with Crippen molar-refractivity contribution in [2.24, 2.45) is 0 Å². The van der Waals surface area contributed by atoms with Crippen LogP contribution in [0.2, 0.25) is 0 Å². The highest BCUT2D eigenvalue weighted by Gasteiger charge is 2.16. The lowest BCUT2D eigenvalue weighted by atomic mass is 9.89. The monoisotopic (exact) mass is 640 g/mol. The van der Waals surface area contributed by atoms with Gasteiger partial charge in [-0.2, -0.15) is 0 Å². The van der Waals surface area contributed by atoms with Crippen molar-refractivity contribution in [1.29, 1.82) is 0 Å². The highest BCUT2D eigenvalue weighted by atomic mass is 32.1. The maximum absolute atomic E-state index is 5.19. The molecule has 10 aromatic rings. The van der Waals surface area contributed by atoms with Crippen LogP contribution in [0, 0.1) is 0 Å². The first-order valence-corrected chi connectivity index (χ1v) is 17.4. The number of fused-ring (bicyclic) bond motifs is 7. The first kappa shape index (κ1) is 27.9. The summed E-state index contributed by atoms with van der Waals surface area (Å²) >= 11 is 1.83. The Morgan fingerprint density at radius 2 is 0.980 bits per heavy atom. The SMILES string of the molecule is c1ccc(-c2nc(-c3cccc(-c4c5ccccc5cc5c4ccc4ccccc45)c3)cc(-c3ccc4sc5ccccc5c4c3)n2)cc1. The molecule has 2 aromatic heterocycles. The Morgan fingerprint density at radius 1 is 0.327 bits per heavy atom. The fourth-order valence-corrected chi connectivity index (χ4v) is 8.40. The molecule has 3 heteroatoms. The summed E-state index contributed by atoms with van der Waals surface area (Å²) in [4.78, 5) is 10.3. The van der Waals surface area contributed by atoms with Gasteiger partial charge in [-0.05, 0) is 79.8 Å². The van der Waals surface area contributed by atoms with Crippen molar-refractivity contribution in [2.75, 3.05) is 0 Å². The van der Waals surface area contributed by atoms with Crippen LogP contribution >= 0.6 is 11.3 Å². The molecule has 2 heterocycles. The Labute approximate surface area is 287 Å². The minimum absolute atomic E-state index is 0.718. The van der Waals surface area contributed by atoms with Crippen molar-refractivity contribution in [3.05, 3.63) is 170 Å². The van der Waals surface area contributed by atoms with Crippen molar-refractivity contribution < 1.29 is 0 Å². The molecule has 0 amide bonds. The summed E-state index contributed by atoms with van der Waals surface area (Å²) in [5.74, 6) is 0.718. The first-order chi connectivity index (χ1) is 24.3. The van der Waals surface area contributed by atoms with E-state index in [1.807, 2.05) is 29.5 Å². The maximum Gasteiger partial charge on any atom is 0.160 e. The van der Waals surface area contributed by atoms with Gasteiger partial charge in [-0.3, -0.25) is 0 Å². The van der Waals surface area contributed by atoms with Crippen LogP contribution in [0.5, 0.6) is 0 Å². The molecule has 0 unspecified atom stereocenters. The summed E-state index contributed by atoms with van der Waals surface area (Å²) in [5, 5.41) is 10.1. The van der Waals surface area contributed by atoms with E-state index in [-0.39, 0.29) is 0 Å². The molecule has 0 radical (unpaired) electrons. The van der Waals surface area contributed by atoms with Crippen LogP contribution in [-0.4, -0.2) is 9.97 Å². The van der Waals surface area contributed by atoms with Gasteiger partial charge in [0.15, 0.2) is 5.82 Å². The second-order valence-electron chi connectivity index (χ2n) is 12.6. The van der Waals surface area contributed by atoms with Gasteiger partial charge in [0.1, 0.15) is 0 Å². The van der Waals surface area contributed by atoms with Crippen molar-refractivity contribution in [1.82, 2.24) is 9.97 Å². The number of hydrogen-bond acceptors (Lipinski definition) is 3. The Hall–Kier alpha value is -6.16. The van der Waals surface area contributed by atoms with Crippen LogP contribution in [-0.2, 0) is 0 Å². The molecule has 0 aliphatic rings. The van der Waals surface area contributed by atoms with Crippen LogP contribution in [0.15, 0.2) is 170 Å². The van der Waals surface area contributed by atoms with E-state index in [2.05, 4.69) is 152 Å². The molecule has 49 heavy (non-hydrogen) atoms. The Morgan fingerprint density at radius 3 is 1.84 bits per heavy atom. The number of benzene rings is 8. The van der Waals surface area contributed by atoms with Crippen LogP contribution in [0.3, 0.4) is 0 Å². The molecule has 0 atom stereocenters. The van der Waals surface area contributed by atoms with E-state index in [9.17, 15) is 0 Å². The van der Waals surface area contributed by atoms with E-state index in [1.54, 1.807) is 0 Å². The summed E-state index contributed by atoms with van der Waals surface area (Å²) < 4.78 is 2.58. The molecule has 0 aliphatic carbocycles. The average molecular weight is 641 g/mol. The van der Waals surface area contributed by atoms with Gasteiger partial charge in [-0.15, -0.1) is 11.3 Å².